The topological polar surface area (TPSA) is 66.2 Å². The number of ether oxygens (including phenoxy) is 1. The van der Waals surface area contributed by atoms with Crippen LogP contribution < -0.4 is 0 Å². The molecule has 2 aromatic rings. The van der Waals surface area contributed by atoms with E-state index in [2.05, 4.69) is 4.90 Å². The van der Waals surface area contributed by atoms with Crippen molar-refractivity contribution in [2.75, 3.05) is 45.8 Å². The van der Waals surface area contributed by atoms with E-state index in [0.717, 1.165) is 36.9 Å². The van der Waals surface area contributed by atoms with Crippen LogP contribution in [0, 0.1) is 0 Å². The highest BCUT2D eigenvalue weighted by Crippen LogP contribution is 2.28. The van der Waals surface area contributed by atoms with Crippen molar-refractivity contribution in [2.24, 2.45) is 0 Å². The summed E-state index contributed by atoms with van der Waals surface area (Å²) in [5.41, 5.74) is 1.52. The first-order chi connectivity index (χ1) is 15.0. The van der Waals surface area contributed by atoms with Gasteiger partial charge in [0.2, 0.25) is 5.91 Å². The van der Waals surface area contributed by atoms with Gasteiger partial charge in [0.05, 0.1) is 19.3 Å². The van der Waals surface area contributed by atoms with Crippen LogP contribution in [-0.4, -0.2) is 78.4 Å². The summed E-state index contributed by atoms with van der Waals surface area (Å²) in [5, 5.41) is 0.928. The molecule has 7 nitrogen and oxygen atoms in total. The van der Waals surface area contributed by atoms with Crippen LogP contribution in [0.3, 0.4) is 0 Å². The summed E-state index contributed by atoms with van der Waals surface area (Å²) in [7, 11) is 0. The van der Waals surface area contributed by atoms with E-state index < -0.39 is 0 Å². The van der Waals surface area contributed by atoms with Crippen LogP contribution in [0.2, 0.25) is 0 Å². The van der Waals surface area contributed by atoms with Gasteiger partial charge >= 0.3 is 0 Å². The normalized spacial score (nSPS) is 18.2. The number of hydrogen-bond acceptors (Lipinski definition) is 5. The Hall–Kier alpha value is -2.38. The second-order valence-electron chi connectivity index (χ2n) is 8.78. The molecule has 0 bridgehead atoms. The first kappa shape index (κ1) is 21.8. The maximum atomic E-state index is 13.3. The lowest BCUT2D eigenvalue weighted by atomic mass is 10.1. The van der Waals surface area contributed by atoms with Gasteiger partial charge in [-0.2, -0.15) is 0 Å². The first-order valence-electron chi connectivity index (χ1n) is 11.4. The number of hydrogen-bond donors (Lipinski definition) is 0. The third-order valence-electron chi connectivity index (χ3n) is 6.18. The minimum atomic E-state index is -0.0967. The fourth-order valence-electron chi connectivity index (χ4n) is 4.35. The molecule has 0 atom stereocenters. The molecule has 0 saturated carbocycles. The summed E-state index contributed by atoms with van der Waals surface area (Å²) in [5.74, 6) is 0.491. The van der Waals surface area contributed by atoms with Gasteiger partial charge in [-0.05, 0) is 39.2 Å². The molecule has 1 aromatic heterocycles. The van der Waals surface area contributed by atoms with Crippen LogP contribution in [0.25, 0.3) is 11.0 Å². The second-order valence-corrected chi connectivity index (χ2v) is 8.78. The van der Waals surface area contributed by atoms with Gasteiger partial charge in [0.1, 0.15) is 5.58 Å². The maximum Gasteiger partial charge on any atom is 0.290 e. The minimum Gasteiger partial charge on any atom is -0.451 e. The van der Waals surface area contributed by atoms with Crippen LogP contribution in [-0.2, 0) is 16.1 Å². The number of furan rings is 1. The number of fused-ring (bicyclic) bond motifs is 1. The van der Waals surface area contributed by atoms with E-state index in [1.54, 1.807) is 0 Å². The predicted octanol–water partition coefficient (Wildman–Crippen LogP) is 3.13. The zero-order valence-corrected chi connectivity index (χ0v) is 18.6. The quantitative estimate of drug-likeness (QED) is 0.709. The second kappa shape index (κ2) is 9.83. The summed E-state index contributed by atoms with van der Waals surface area (Å²) in [6.45, 7) is 9.09. The number of carbonyl (C=O) groups is 2. The van der Waals surface area contributed by atoms with E-state index in [1.807, 2.05) is 47.9 Å². The maximum absolute atomic E-state index is 13.3. The van der Waals surface area contributed by atoms with Gasteiger partial charge in [-0.3, -0.25) is 14.5 Å². The van der Waals surface area contributed by atoms with Gasteiger partial charge in [0, 0.05) is 50.2 Å². The Morgan fingerprint density at radius 3 is 2.39 bits per heavy atom. The fraction of sp³-hybridized carbons (Fsp3) is 0.583. The standard InChI is InChI=1S/C24H33N3O4/c1-18(2)30-17-20-19-8-4-5-9-21(19)31-23(20)24(29)27-14-12-25(13-15-27)16-22(28)26-10-6-3-7-11-26/h4-5,8-9,18H,3,6-7,10-17H2,1-2H3. The van der Waals surface area contributed by atoms with Crippen LogP contribution in [0.5, 0.6) is 0 Å². The summed E-state index contributed by atoms with van der Waals surface area (Å²) in [4.78, 5) is 31.8. The zero-order chi connectivity index (χ0) is 21.8. The van der Waals surface area contributed by atoms with Crippen LogP contribution in [0.1, 0.15) is 49.2 Å². The van der Waals surface area contributed by atoms with E-state index >= 15 is 0 Å². The molecule has 1 aromatic carbocycles. The van der Waals surface area contributed by atoms with Gasteiger partial charge in [0.15, 0.2) is 5.76 Å². The number of carbonyl (C=O) groups excluding carboxylic acids is 2. The number of nitrogens with zero attached hydrogens (tertiary/aromatic N) is 3. The van der Waals surface area contributed by atoms with Gasteiger partial charge < -0.3 is 19.0 Å². The van der Waals surface area contributed by atoms with Crippen molar-refractivity contribution in [1.29, 1.82) is 0 Å². The predicted molar refractivity (Wildman–Crippen MR) is 119 cm³/mol. The van der Waals surface area contributed by atoms with Gasteiger partial charge in [-0.1, -0.05) is 18.2 Å². The lowest BCUT2D eigenvalue weighted by Crippen LogP contribution is -2.52. The van der Waals surface area contributed by atoms with Gasteiger partial charge in [-0.15, -0.1) is 0 Å². The van der Waals surface area contributed by atoms with E-state index in [9.17, 15) is 9.59 Å². The molecule has 0 N–H and O–H groups in total. The van der Waals surface area contributed by atoms with Crippen LogP contribution in [0.4, 0.5) is 0 Å². The Labute approximate surface area is 183 Å². The summed E-state index contributed by atoms with van der Waals surface area (Å²) >= 11 is 0. The molecule has 3 heterocycles. The molecule has 0 radical (unpaired) electrons. The molecule has 31 heavy (non-hydrogen) atoms. The average molecular weight is 428 g/mol. The first-order valence-corrected chi connectivity index (χ1v) is 11.4. The van der Waals surface area contributed by atoms with Crippen molar-refractivity contribution < 1.29 is 18.7 Å². The number of para-hydroxylation sites is 1. The largest absolute Gasteiger partial charge is 0.451 e. The zero-order valence-electron chi connectivity index (χ0n) is 18.6. The molecular formula is C24H33N3O4. The van der Waals surface area contributed by atoms with Crippen LogP contribution in [0.15, 0.2) is 28.7 Å². The van der Waals surface area contributed by atoms with E-state index in [4.69, 9.17) is 9.15 Å². The molecule has 2 saturated heterocycles. The third-order valence-corrected chi connectivity index (χ3v) is 6.18. The lowest BCUT2D eigenvalue weighted by Gasteiger charge is -2.35. The molecule has 2 fully saturated rings. The molecule has 168 valence electrons. The van der Waals surface area contributed by atoms with Crippen molar-refractivity contribution in [3.63, 3.8) is 0 Å². The van der Waals surface area contributed by atoms with Crippen molar-refractivity contribution in [2.45, 2.75) is 45.8 Å². The molecule has 0 aliphatic carbocycles. The Balaban J connectivity index is 1.40. The van der Waals surface area contributed by atoms with Gasteiger partial charge in [-0.25, -0.2) is 0 Å². The monoisotopic (exact) mass is 427 g/mol. The molecule has 4 rings (SSSR count). The van der Waals surface area contributed by atoms with Crippen molar-refractivity contribution >= 4 is 22.8 Å². The highest BCUT2D eigenvalue weighted by molar-refractivity contribution is 5.99. The lowest BCUT2D eigenvalue weighted by molar-refractivity contribution is -0.133. The molecule has 2 amide bonds. The minimum absolute atomic E-state index is 0.0672. The highest BCUT2D eigenvalue weighted by Gasteiger charge is 2.29. The molecule has 0 spiro atoms. The van der Waals surface area contributed by atoms with E-state index in [0.29, 0.717) is 50.7 Å². The number of amides is 2. The average Bonchev–Trinajstić information content (AvgIpc) is 3.17. The summed E-state index contributed by atoms with van der Waals surface area (Å²) in [6.07, 6.45) is 3.50. The van der Waals surface area contributed by atoms with Gasteiger partial charge in [0.25, 0.3) is 5.91 Å². The Morgan fingerprint density at radius 2 is 1.68 bits per heavy atom. The summed E-state index contributed by atoms with van der Waals surface area (Å²) in [6, 6.07) is 7.71. The Bertz CT molecular complexity index is 909. The van der Waals surface area contributed by atoms with Crippen molar-refractivity contribution in [3.05, 3.63) is 35.6 Å². The van der Waals surface area contributed by atoms with Crippen molar-refractivity contribution in [3.8, 4) is 0 Å². The number of piperazine rings is 1. The fourth-order valence-corrected chi connectivity index (χ4v) is 4.35. The molecule has 2 aliphatic heterocycles. The smallest absolute Gasteiger partial charge is 0.290 e. The highest BCUT2D eigenvalue weighted by atomic mass is 16.5. The molecular weight excluding hydrogens is 394 g/mol. The molecule has 2 aliphatic rings. The Morgan fingerprint density at radius 1 is 0.968 bits per heavy atom. The van der Waals surface area contributed by atoms with Crippen LogP contribution >= 0.6 is 0 Å². The number of piperidine rings is 1. The number of likely N-dealkylation sites (tertiary alicyclic amines) is 1. The number of rotatable bonds is 6. The molecule has 0 unspecified atom stereocenters. The SMILES string of the molecule is CC(C)OCc1c(C(=O)N2CCN(CC(=O)N3CCCCC3)CC2)oc2ccccc12. The van der Waals surface area contributed by atoms with E-state index in [-0.39, 0.29) is 17.9 Å². The Kier molecular flexibility index (Phi) is 6.92. The summed E-state index contributed by atoms with van der Waals surface area (Å²) < 4.78 is 11.8. The number of benzene rings is 1. The molecule has 7 heteroatoms. The van der Waals surface area contributed by atoms with Crippen molar-refractivity contribution in [1.82, 2.24) is 14.7 Å². The third kappa shape index (κ3) is 5.10. The van der Waals surface area contributed by atoms with E-state index in [1.165, 1.54) is 6.42 Å².